The summed E-state index contributed by atoms with van der Waals surface area (Å²) in [5.41, 5.74) is 0. The zero-order chi connectivity index (χ0) is 49.2. The van der Waals surface area contributed by atoms with Crippen LogP contribution >= 0.6 is 0 Å². The Kier molecular flexibility index (Phi) is 55.4. The molecule has 0 heterocycles. The van der Waals surface area contributed by atoms with Gasteiger partial charge in [0.15, 0.2) is 6.10 Å². The third-order valence-electron chi connectivity index (χ3n) is 12.4. The van der Waals surface area contributed by atoms with Gasteiger partial charge in [-0.05, 0) is 96.3 Å². The smallest absolute Gasteiger partial charge is 0.306 e. The maximum absolute atomic E-state index is 12.3. The summed E-state index contributed by atoms with van der Waals surface area (Å²) in [6, 6.07) is 0. The number of allylic oxidation sites excluding steroid dienone is 16. The maximum Gasteiger partial charge on any atom is 0.306 e. The number of carbonyl (C=O) groups excluding carboxylic acids is 2. The van der Waals surface area contributed by atoms with Gasteiger partial charge in [0.2, 0.25) is 0 Å². The Morgan fingerprint density at radius 3 is 0.971 bits per heavy atom. The van der Waals surface area contributed by atoms with Crippen molar-refractivity contribution in [2.75, 3.05) is 13.2 Å². The van der Waals surface area contributed by atoms with Crippen molar-refractivity contribution in [2.24, 2.45) is 0 Å². The standard InChI is InChI=1S/C63H108O5/c1-3-5-7-9-11-13-15-17-19-20-21-22-23-24-25-26-27-28-29-30-31-32-33-34-35-36-37-38-39-40-41-42-44-46-48-50-52-54-56-58-63(66)68-61(59-64)60-67-62(65)57-55-53-51-49-47-45-43-18-16-14-12-10-8-6-4-2/h5,7,11,13,17-19,21-22,24-25,27-28,30-31,43,61,64H,3-4,6,8-10,12,14-16,20,23,26,29,32-42,44-60H2,1-2H3/b7-5-,13-11-,19-17-,22-21-,25-24-,28-27-,31-30-,43-18-. The SMILES string of the molecule is CC/C=C\C/C=C\C/C=C\C/C=C\C/C=C\C/C=C\C/C=C\CCCCCCCCCCCCCCCCCCCC(=O)OC(CO)COC(=O)CCCCCCC/C=C\CCCCCCCC. The minimum absolute atomic E-state index is 0.0705. The van der Waals surface area contributed by atoms with E-state index in [2.05, 4.69) is 111 Å². The van der Waals surface area contributed by atoms with Crippen LogP contribution in [0.4, 0.5) is 0 Å². The lowest BCUT2D eigenvalue weighted by molar-refractivity contribution is -0.161. The molecular weight excluding hydrogens is 837 g/mol. The molecule has 0 rings (SSSR count). The topological polar surface area (TPSA) is 72.8 Å². The van der Waals surface area contributed by atoms with Crippen molar-refractivity contribution in [1.29, 1.82) is 0 Å². The molecule has 0 aliphatic rings. The van der Waals surface area contributed by atoms with E-state index in [-0.39, 0.29) is 25.2 Å². The van der Waals surface area contributed by atoms with Crippen LogP contribution < -0.4 is 0 Å². The van der Waals surface area contributed by atoms with E-state index in [0.29, 0.717) is 12.8 Å². The average Bonchev–Trinajstić information content (AvgIpc) is 3.34. The second-order valence-electron chi connectivity index (χ2n) is 19.0. The molecule has 0 aliphatic carbocycles. The number of unbranched alkanes of at least 4 members (excludes halogenated alkanes) is 28. The lowest BCUT2D eigenvalue weighted by atomic mass is 10.0. The van der Waals surface area contributed by atoms with E-state index in [4.69, 9.17) is 9.47 Å². The molecular formula is C63H108O5. The van der Waals surface area contributed by atoms with Crippen molar-refractivity contribution in [2.45, 2.75) is 277 Å². The zero-order valence-electron chi connectivity index (χ0n) is 44.6. The van der Waals surface area contributed by atoms with E-state index >= 15 is 0 Å². The molecule has 5 heteroatoms. The average molecular weight is 946 g/mol. The molecule has 0 radical (unpaired) electrons. The number of hydrogen-bond acceptors (Lipinski definition) is 5. The maximum atomic E-state index is 12.3. The highest BCUT2D eigenvalue weighted by Crippen LogP contribution is 2.16. The first-order chi connectivity index (χ1) is 33.6. The predicted molar refractivity (Wildman–Crippen MR) is 297 cm³/mol. The van der Waals surface area contributed by atoms with Gasteiger partial charge in [0.1, 0.15) is 6.61 Å². The Balaban J connectivity index is 3.48. The van der Waals surface area contributed by atoms with Crippen LogP contribution in [0.5, 0.6) is 0 Å². The molecule has 0 amide bonds. The highest BCUT2D eigenvalue weighted by atomic mass is 16.6. The number of rotatable bonds is 52. The quantitative estimate of drug-likeness (QED) is 0.0374. The summed E-state index contributed by atoms with van der Waals surface area (Å²) < 4.78 is 10.7. The fourth-order valence-electron chi connectivity index (χ4n) is 8.06. The highest BCUT2D eigenvalue weighted by molar-refractivity contribution is 5.70. The van der Waals surface area contributed by atoms with E-state index in [0.717, 1.165) is 89.9 Å². The van der Waals surface area contributed by atoms with E-state index in [1.54, 1.807) is 0 Å². The van der Waals surface area contributed by atoms with Gasteiger partial charge in [0.05, 0.1) is 6.61 Å². The molecule has 0 aromatic heterocycles. The van der Waals surface area contributed by atoms with Gasteiger partial charge in [-0.15, -0.1) is 0 Å². The normalized spacial score (nSPS) is 12.9. The predicted octanol–water partition coefficient (Wildman–Crippen LogP) is 19.5. The zero-order valence-corrected chi connectivity index (χ0v) is 44.6. The first-order valence-electron chi connectivity index (χ1n) is 28.8. The molecule has 0 aromatic rings. The molecule has 0 spiro atoms. The van der Waals surface area contributed by atoms with Crippen molar-refractivity contribution in [1.82, 2.24) is 0 Å². The van der Waals surface area contributed by atoms with Crippen molar-refractivity contribution in [3.8, 4) is 0 Å². The van der Waals surface area contributed by atoms with Crippen LogP contribution in [0.2, 0.25) is 0 Å². The summed E-state index contributed by atoms with van der Waals surface area (Å²) >= 11 is 0. The highest BCUT2D eigenvalue weighted by Gasteiger charge is 2.16. The largest absolute Gasteiger partial charge is 0.462 e. The number of esters is 2. The van der Waals surface area contributed by atoms with Gasteiger partial charge in [-0.3, -0.25) is 9.59 Å². The minimum atomic E-state index is -0.778. The van der Waals surface area contributed by atoms with Crippen LogP contribution in [0.25, 0.3) is 0 Å². The molecule has 5 nitrogen and oxygen atoms in total. The molecule has 1 N–H and O–H groups in total. The number of aliphatic hydroxyl groups is 1. The van der Waals surface area contributed by atoms with Crippen molar-refractivity contribution < 1.29 is 24.2 Å². The molecule has 1 unspecified atom stereocenters. The van der Waals surface area contributed by atoms with Gasteiger partial charge in [0.25, 0.3) is 0 Å². The van der Waals surface area contributed by atoms with Crippen LogP contribution in [0.15, 0.2) is 97.2 Å². The summed E-state index contributed by atoms with van der Waals surface area (Å²) in [6.07, 6.45) is 82.5. The number of hydrogen-bond donors (Lipinski definition) is 1. The van der Waals surface area contributed by atoms with E-state index in [1.165, 1.54) is 154 Å². The van der Waals surface area contributed by atoms with Crippen LogP contribution in [-0.2, 0) is 19.1 Å². The summed E-state index contributed by atoms with van der Waals surface area (Å²) in [6.45, 7) is 4.02. The summed E-state index contributed by atoms with van der Waals surface area (Å²) in [5, 5.41) is 9.63. The van der Waals surface area contributed by atoms with E-state index in [1.807, 2.05) is 0 Å². The van der Waals surface area contributed by atoms with Gasteiger partial charge in [-0.25, -0.2) is 0 Å². The number of carbonyl (C=O) groups is 2. The molecule has 0 aromatic carbocycles. The molecule has 0 aliphatic heterocycles. The number of ether oxygens (including phenoxy) is 2. The molecule has 0 saturated carbocycles. The Morgan fingerprint density at radius 1 is 0.353 bits per heavy atom. The Bertz CT molecular complexity index is 1300. The van der Waals surface area contributed by atoms with E-state index < -0.39 is 6.10 Å². The molecule has 0 saturated heterocycles. The van der Waals surface area contributed by atoms with Crippen LogP contribution in [-0.4, -0.2) is 36.4 Å². The molecule has 1 atom stereocenters. The minimum Gasteiger partial charge on any atom is -0.462 e. The van der Waals surface area contributed by atoms with Crippen LogP contribution in [0.1, 0.15) is 271 Å². The Labute approximate surface area is 421 Å². The molecule has 0 fully saturated rings. The second kappa shape index (κ2) is 58.1. The molecule has 68 heavy (non-hydrogen) atoms. The van der Waals surface area contributed by atoms with Gasteiger partial charge >= 0.3 is 11.9 Å². The first-order valence-corrected chi connectivity index (χ1v) is 28.8. The monoisotopic (exact) mass is 945 g/mol. The lowest BCUT2D eigenvalue weighted by Crippen LogP contribution is -2.28. The fraction of sp³-hybridized carbons (Fsp3) is 0.714. The van der Waals surface area contributed by atoms with E-state index in [9.17, 15) is 14.7 Å². The Morgan fingerprint density at radius 2 is 0.632 bits per heavy atom. The third-order valence-corrected chi connectivity index (χ3v) is 12.4. The molecule has 390 valence electrons. The Hall–Kier alpha value is -3.18. The first kappa shape index (κ1) is 64.8. The number of aliphatic hydroxyl groups excluding tert-OH is 1. The fourth-order valence-corrected chi connectivity index (χ4v) is 8.06. The molecule has 0 bridgehead atoms. The van der Waals surface area contributed by atoms with Crippen molar-refractivity contribution >= 4 is 11.9 Å². The van der Waals surface area contributed by atoms with Crippen LogP contribution in [0, 0.1) is 0 Å². The van der Waals surface area contributed by atoms with Gasteiger partial charge in [0, 0.05) is 12.8 Å². The van der Waals surface area contributed by atoms with Gasteiger partial charge < -0.3 is 14.6 Å². The van der Waals surface area contributed by atoms with Crippen molar-refractivity contribution in [3.05, 3.63) is 97.2 Å². The second-order valence-corrected chi connectivity index (χ2v) is 19.0. The van der Waals surface area contributed by atoms with Crippen LogP contribution in [0.3, 0.4) is 0 Å². The van der Waals surface area contributed by atoms with Crippen molar-refractivity contribution in [3.63, 3.8) is 0 Å². The third kappa shape index (κ3) is 55.4. The summed E-state index contributed by atoms with van der Waals surface area (Å²) in [4.78, 5) is 24.5. The van der Waals surface area contributed by atoms with Gasteiger partial charge in [-0.2, -0.15) is 0 Å². The summed E-state index contributed by atoms with van der Waals surface area (Å²) in [5.74, 6) is -0.595. The lowest BCUT2D eigenvalue weighted by Gasteiger charge is -2.15. The summed E-state index contributed by atoms with van der Waals surface area (Å²) in [7, 11) is 0. The van der Waals surface area contributed by atoms with Gasteiger partial charge in [-0.1, -0.05) is 259 Å².